The second-order valence-corrected chi connectivity index (χ2v) is 10.3. The second kappa shape index (κ2) is 18.0. The van der Waals surface area contributed by atoms with Gasteiger partial charge in [-0.3, -0.25) is 19.2 Å². The average molecular weight is 575 g/mol. The summed E-state index contributed by atoms with van der Waals surface area (Å²) in [6.45, 7) is 2.68. The van der Waals surface area contributed by atoms with Crippen LogP contribution in [-0.4, -0.2) is 181 Å². The summed E-state index contributed by atoms with van der Waals surface area (Å²) in [5, 5.41) is 19.8. The minimum absolute atomic E-state index is 0. The first-order valence-electron chi connectivity index (χ1n) is 11.0. The predicted molar refractivity (Wildman–Crippen MR) is 137 cm³/mol. The molecule has 0 aliphatic rings. The number of carbonyl (C=O) groups excluding carboxylic acids is 6. The van der Waals surface area contributed by atoms with Crippen molar-refractivity contribution in [3.05, 3.63) is 0 Å². The molecule has 0 spiro atoms. The second-order valence-electron chi connectivity index (χ2n) is 10.3. The number of ether oxygens (including phenoxy) is 4. The number of aliphatic hydroxyl groups is 2. The maximum absolute atomic E-state index is 12.1. The van der Waals surface area contributed by atoms with Gasteiger partial charge in [0.1, 0.15) is 13.1 Å². The molecule has 0 heterocycles. The molecule has 38 heavy (non-hydrogen) atoms. The molecule has 214 valence electrons. The fourth-order valence-corrected chi connectivity index (χ4v) is 3.04. The van der Waals surface area contributed by atoms with Crippen molar-refractivity contribution >= 4 is 81.9 Å². The van der Waals surface area contributed by atoms with Gasteiger partial charge in [-0.25, -0.2) is 9.59 Å². The molecule has 0 aromatic carbocycles. The Labute approximate surface area is 254 Å². The lowest BCUT2D eigenvalue weighted by Gasteiger charge is -2.28. The molecule has 0 aromatic heterocycles. The lowest BCUT2D eigenvalue weighted by molar-refractivity contribution is -0.873. The Bertz CT molecular complexity index is 771. The summed E-state index contributed by atoms with van der Waals surface area (Å²) in [6, 6.07) is 0. The van der Waals surface area contributed by atoms with E-state index in [1.165, 1.54) is 0 Å². The van der Waals surface area contributed by atoms with Crippen molar-refractivity contribution in [2.45, 2.75) is 51.1 Å². The van der Waals surface area contributed by atoms with E-state index in [0.29, 0.717) is 8.97 Å². The van der Waals surface area contributed by atoms with E-state index in [4.69, 9.17) is 9.47 Å². The maximum Gasteiger partial charge on any atom is 0.346 e. The van der Waals surface area contributed by atoms with E-state index in [-0.39, 0.29) is 59.2 Å². The van der Waals surface area contributed by atoms with E-state index >= 15 is 0 Å². The number of hydrogen-bond donors (Lipinski definition) is 2. The molecule has 0 bridgehead atoms. The third kappa shape index (κ3) is 19.6. The molecule has 0 rings (SSSR count). The molecule has 0 saturated carbocycles. The molecule has 4 atom stereocenters. The number of esters is 6. The molecule has 0 aromatic rings. The van der Waals surface area contributed by atoms with Crippen molar-refractivity contribution in [3.63, 3.8) is 0 Å². The Morgan fingerprint density at radius 3 is 1.08 bits per heavy atom. The van der Waals surface area contributed by atoms with Crippen LogP contribution in [0.4, 0.5) is 0 Å². The largest absolute Gasteiger partial charge is 0.456 e. The highest BCUT2D eigenvalue weighted by atomic mass is 24.3. The van der Waals surface area contributed by atoms with Gasteiger partial charge in [0.05, 0.1) is 55.1 Å². The van der Waals surface area contributed by atoms with Gasteiger partial charge >= 0.3 is 81.9 Å². The molecule has 0 aliphatic heterocycles. The van der Waals surface area contributed by atoms with Crippen LogP contribution >= 0.6 is 0 Å². The Hall–Kier alpha value is -1.41. The van der Waals surface area contributed by atoms with Gasteiger partial charge in [0.25, 0.3) is 0 Å². The van der Waals surface area contributed by atoms with Crippen LogP contribution in [0.3, 0.4) is 0 Å². The average Bonchev–Trinajstić information content (AvgIpc) is 2.62. The van der Waals surface area contributed by atoms with Gasteiger partial charge < -0.3 is 38.1 Å². The standard InChI is InChI=1S/C22H38N2O12.2Mg.4H/c1-13(25)33-15(11-23(3,4)5)9-17(27)35-21(31)19(29)20(30)22(32)36-18(28)10-16(34-14(2)26)12-24(6,7)8;;;;;;/h15-16,19-20,29-30H,9-12H2,1-8H3;;;;;;/q+2;;;;;;/t15-,16-,19?,20?;;;;;;/m1....../s1. The number of likely N-dealkylation sites (N-methyl/N-ethyl adjacent to an activating group) is 2. The topological polar surface area (TPSA) is 180 Å². The van der Waals surface area contributed by atoms with Gasteiger partial charge in [-0.2, -0.15) is 0 Å². The third-order valence-electron chi connectivity index (χ3n) is 4.17. The normalized spacial score (nSPS) is 14.3. The number of rotatable bonds is 13. The van der Waals surface area contributed by atoms with E-state index in [0.717, 1.165) is 13.8 Å². The van der Waals surface area contributed by atoms with E-state index in [2.05, 4.69) is 9.47 Å². The summed E-state index contributed by atoms with van der Waals surface area (Å²) < 4.78 is 19.6. The lowest BCUT2D eigenvalue weighted by atomic mass is 10.2. The highest BCUT2D eigenvalue weighted by Gasteiger charge is 2.37. The van der Waals surface area contributed by atoms with Gasteiger partial charge in [0.2, 0.25) is 0 Å². The molecule has 14 nitrogen and oxygen atoms in total. The Morgan fingerprint density at radius 2 is 0.868 bits per heavy atom. The summed E-state index contributed by atoms with van der Waals surface area (Å²) in [5.41, 5.74) is 0. The van der Waals surface area contributed by atoms with Crippen molar-refractivity contribution in [1.82, 2.24) is 0 Å². The van der Waals surface area contributed by atoms with Gasteiger partial charge in [0.15, 0.2) is 24.4 Å². The predicted octanol–water partition coefficient (Wildman–Crippen LogP) is -3.93. The minimum atomic E-state index is -2.55. The first kappa shape index (κ1) is 41.1. The monoisotopic (exact) mass is 574 g/mol. The van der Waals surface area contributed by atoms with Crippen LogP contribution in [0.5, 0.6) is 0 Å². The minimum Gasteiger partial charge on any atom is -0.456 e. The summed E-state index contributed by atoms with van der Waals surface area (Å²) in [4.78, 5) is 70.7. The molecular formula is C22H42Mg2N2O12+2. The lowest BCUT2D eigenvalue weighted by Crippen LogP contribution is -2.46. The van der Waals surface area contributed by atoms with Gasteiger partial charge in [-0.05, 0) is 0 Å². The van der Waals surface area contributed by atoms with Crippen LogP contribution in [0.2, 0.25) is 0 Å². The maximum atomic E-state index is 12.1. The molecule has 2 N–H and O–H groups in total. The van der Waals surface area contributed by atoms with Crippen molar-refractivity contribution in [2.75, 3.05) is 55.4 Å². The van der Waals surface area contributed by atoms with Gasteiger partial charge in [-0.1, -0.05) is 0 Å². The van der Waals surface area contributed by atoms with Crippen LogP contribution in [0, 0.1) is 0 Å². The van der Waals surface area contributed by atoms with Crippen LogP contribution < -0.4 is 0 Å². The van der Waals surface area contributed by atoms with Crippen molar-refractivity contribution in [1.29, 1.82) is 0 Å². The van der Waals surface area contributed by atoms with Gasteiger partial charge in [-0.15, -0.1) is 0 Å². The van der Waals surface area contributed by atoms with Crippen LogP contribution in [0.15, 0.2) is 0 Å². The van der Waals surface area contributed by atoms with Crippen LogP contribution in [0.1, 0.15) is 26.7 Å². The first-order chi connectivity index (χ1) is 16.2. The fourth-order valence-electron chi connectivity index (χ4n) is 3.04. The zero-order valence-corrected chi connectivity index (χ0v) is 22.0. The third-order valence-corrected chi connectivity index (χ3v) is 4.17. The Balaban J connectivity index is -0.00000612. The molecule has 0 radical (unpaired) electrons. The summed E-state index contributed by atoms with van der Waals surface area (Å²) in [6.07, 6.45) is -8.04. The number of carbonyl (C=O) groups is 6. The Kier molecular flexibility index (Phi) is 19.5. The highest BCUT2D eigenvalue weighted by molar-refractivity contribution is 5.94. The quantitative estimate of drug-likeness (QED) is 0.0718. The summed E-state index contributed by atoms with van der Waals surface area (Å²) >= 11 is 0. The van der Waals surface area contributed by atoms with E-state index in [1.807, 2.05) is 0 Å². The molecular weight excluding hydrogens is 533 g/mol. The first-order valence-corrected chi connectivity index (χ1v) is 11.0. The van der Waals surface area contributed by atoms with E-state index < -0.39 is 73.1 Å². The van der Waals surface area contributed by atoms with Crippen LogP contribution in [0.25, 0.3) is 0 Å². The number of quaternary nitrogens is 2. The highest BCUT2D eigenvalue weighted by Crippen LogP contribution is 2.10. The Morgan fingerprint density at radius 1 is 0.605 bits per heavy atom. The number of aliphatic hydroxyl groups excluding tert-OH is 2. The summed E-state index contributed by atoms with van der Waals surface area (Å²) in [5.74, 6) is -7.03. The smallest absolute Gasteiger partial charge is 0.346 e. The summed E-state index contributed by atoms with van der Waals surface area (Å²) in [7, 11) is 10.6. The molecule has 0 fully saturated rings. The van der Waals surface area contributed by atoms with Crippen molar-refractivity contribution < 1.29 is 66.9 Å². The SMILES string of the molecule is CC(=O)O[C@H](CC(=O)OC(=O)C(O)C(O)C(=O)OC(=O)C[C@H](C[N+](C)(C)C)OC(C)=O)C[N+](C)(C)C.[MgH2].[MgH2]. The zero-order chi connectivity index (χ0) is 28.4. The number of nitrogens with zero attached hydrogens (tertiary/aromatic N) is 2. The van der Waals surface area contributed by atoms with Crippen LogP contribution in [-0.2, 0) is 47.7 Å². The molecule has 0 aliphatic carbocycles. The van der Waals surface area contributed by atoms with Crippen molar-refractivity contribution in [3.8, 4) is 0 Å². The van der Waals surface area contributed by atoms with E-state index in [1.54, 1.807) is 42.3 Å². The molecule has 0 saturated heterocycles. The zero-order valence-electron chi connectivity index (χ0n) is 22.0. The molecule has 0 amide bonds. The van der Waals surface area contributed by atoms with E-state index in [9.17, 15) is 39.0 Å². The molecule has 16 heteroatoms. The van der Waals surface area contributed by atoms with Crippen molar-refractivity contribution in [2.24, 2.45) is 0 Å². The molecule has 2 unspecified atom stereocenters. The number of hydrogen-bond acceptors (Lipinski definition) is 12. The van der Waals surface area contributed by atoms with Gasteiger partial charge in [0, 0.05) is 13.8 Å². The fraction of sp³-hybridized carbons (Fsp3) is 0.727.